The van der Waals surface area contributed by atoms with E-state index >= 15 is 0 Å². The third kappa shape index (κ3) is 2.34. The van der Waals surface area contributed by atoms with E-state index in [-0.39, 0.29) is 32.7 Å². The first-order chi connectivity index (χ1) is 6.74. The van der Waals surface area contributed by atoms with E-state index in [9.17, 15) is 0 Å². The van der Waals surface area contributed by atoms with Gasteiger partial charge in [-0.15, -0.1) is 29.0 Å². The van der Waals surface area contributed by atoms with Crippen LogP contribution in [0.2, 0.25) is 0 Å². The summed E-state index contributed by atoms with van der Waals surface area (Å²) in [6, 6.07) is 8.48. The molecule has 1 radical (unpaired) electrons. The number of fused-ring (bicyclic) bond motifs is 1. The van der Waals surface area contributed by atoms with Crippen molar-refractivity contribution in [3.8, 4) is 0 Å². The average molecular weight is 275 g/mol. The predicted molar refractivity (Wildman–Crippen MR) is 60.5 cm³/mol. The van der Waals surface area contributed by atoms with Crippen molar-refractivity contribution in [1.29, 1.82) is 0 Å². The Morgan fingerprint density at radius 2 is 2.00 bits per heavy atom. The Hall–Kier alpha value is -0.136. The van der Waals surface area contributed by atoms with Crippen LogP contribution in [0, 0.1) is 6.20 Å². The van der Waals surface area contributed by atoms with Crippen LogP contribution in [0.3, 0.4) is 0 Å². The zero-order valence-electron chi connectivity index (χ0n) is 9.62. The molecule has 0 aliphatic rings. The monoisotopic (exact) mass is 275 g/mol. The first-order valence-electron chi connectivity index (χ1n) is 5.20. The van der Waals surface area contributed by atoms with Gasteiger partial charge in [-0.05, 0) is 13.0 Å². The molecule has 1 aromatic heterocycles. The molecule has 0 fully saturated rings. The summed E-state index contributed by atoms with van der Waals surface area (Å²) in [5.74, 6) is 0.608. The maximum absolute atomic E-state index is 3.36. The SMILES string of the molecule is CCC(C)c1c2ccccc2[c-]n1C.[Y]. The molecule has 2 heteroatoms. The quantitative estimate of drug-likeness (QED) is 0.739. The van der Waals surface area contributed by atoms with Crippen molar-refractivity contribution in [2.75, 3.05) is 0 Å². The van der Waals surface area contributed by atoms with Crippen LogP contribution in [0.4, 0.5) is 0 Å². The Balaban J connectivity index is 0.00000112. The standard InChI is InChI=1S/C13H16N.Y/c1-4-10(2)13-12-8-6-5-7-11(12)9-14(13)3;/h5-8,10H,4H2,1-3H3;/q-1;. The predicted octanol–water partition coefficient (Wildman–Crippen LogP) is 3.49. The molecule has 15 heavy (non-hydrogen) atoms. The zero-order valence-corrected chi connectivity index (χ0v) is 12.5. The molecule has 0 aliphatic carbocycles. The van der Waals surface area contributed by atoms with E-state index < -0.39 is 0 Å². The van der Waals surface area contributed by atoms with Crippen LogP contribution in [-0.4, -0.2) is 4.57 Å². The smallest absolute Gasteiger partial charge is 0 e. The summed E-state index contributed by atoms with van der Waals surface area (Å²) >= 11 is 0. The van der Waals surface area contributed by atoms with Crippen LogP contribution in [0.5, 0.6) is 0 Å². The molecule has 0 amide bonds. The van der Waals surface area contributed by atoms with Gasteiger partial charge in [-0.25, -0.2) is 0 Å². The van der Waals surface area contributed by atoms with E-state index in [0.717, 1.165) is 0 Å². The van der Waals surface area contributed by atoms with Gasteiger partial charge < -0.3 is 4.57 Å². The second kappa shape index (κ2) is 5.27. The van der Waals surface area contributed by atoms with Gasteiger partial charge in [-0.2, -0.15) is 0 Å². The Kier molecular flexibility index (Phi) is 4.54. The molecule has 2 rings (SSSR count). The number of aryl methyl sites for hydroxylation is 1. The van der Waals surface area contributed by atoms with Crippen molar-refractivity contribution >= 4 is 10.8 Å². The maximum Gasteiger partial charge on any atom is 0 e. The molecular weight excluding hydrogens is 259 g/mol. The average Bonchev–Trinajstić information content (AvgIpc) is 2.53. The molecule has 1 atom stereocenters. The van der Waals surface area contributed by atoms with Gasteiger partial charge in [-0.1, -0.05) is 38.2 Å². The summed E-state index contributed by atoms with van der Waals surface area (Å²) in [6.45, 7) is 4.50. The van der Waals surface area contributed by atoms with Crippen molar-refractivity contribution in [2.24, 2.45) is 7.05 Å². The third-order valence-corrected chi connectivity index (χ3v) is 2.93. The van der Waals surface area contributed by atoms with Crippen LogP contribution in [0.1, 0.15) is 31.9 Å². The normalized spacial score (nSPS) is 12.5. The van der Waals surface area contributed by atoms with Crippen LogP contribution in [0.25, 0.3) is 10.8 Å². The van der Waals surface area contributed by atoms with Gasteiger partial charge in [0.2, 0.25) is 0 Å². The number of hydrogen-bond donors (Lipinski definition) is 0. The largest absolute Gasteiger partial charge is 0.439 e. The second-order valence-electron chi connectivity index (χ2n) is 3.91. The minimum atomic E-state index is 0. The maximum atomic E-state index is 3.36. The van der Waals surface area contributed by atoms with Gasteiger partial charge in [0.25, 0.3) is 0 Å². The van der Waals surface area contributed by atoms with Gasteiger partial charge in [0.05, 0.1) is 0 Å². The topological polar surface area (TPSA) is 4.93 Å². The Bertz CT molecular complexity index is 445. The van der Waals surface area contributed by atoms with Gasteiger partial charge in [-0.3, -0.25) is 0 Å². The number of aromatic nitrogens is 1. The van der Waals surface area contributed by atoms with Crippen LogP contribution >= 0.6 is 0 Å². The van der Waals surface area contributed by atoms with Crippen molar-refractivity contribution in [3.05, 3.63) is 36.2 Å². The van der Waals surface area contributed by atoms with Gasteiger partial charge in [0.1, 0.15) is 0 Å². The molecule has 0 bridgehead atoms. The van der Waals surface area contributed by atoms with E-state index in [1.54, 1.807) is 0 Å². The molecule has 0 saturated carbocycles. The van der Waals surface area contributed by atoms with Crippen LogP contribution in [0.15, 0.2) is 24.3 Å². The zero-order chi connectivity index (χ0) is 10.1. The van der Waals surface area contributed by atoms with E-state index in [4.69, 9.17) is 0 Å². The number of hydrogen-bond acceptors (Lipinski definition) is 0. The van der Waals surface area contributed by atoms with Crippen LogP contribution < -0.4 is 0 Å². The van der Waals surface area contributed by atoms with Gasteiger partial charge >= 0.3 is 0 Å². The van der Waals surface area contributed by atoms with Crippen LogP contribution in [-0.2, 0) is 39.8 Å². The fourth-order valence-corrected chi connectivity index (χ4v) is 2.01. The van der Waals surface area contributed by atoms with E-state index in [1.165, 1.54) is 22.9 Å². The summed E-state index contributed by atoms with van der Waals surface area (Å²) in [5, 5.41) is 2.58. The summed E-state index contributed by atoms with van der Waals surface area (Å²) in [7, 11) is 2.08. The summed E-state index contributed by atoms with van der Waals surface area (Å²) < 4.78 is 2.14. The van der Waals surface area contributed by atoms with E-state index in [1.807, 2.05) is 0 Å². The summed E-state index contributed by atoms with van der Waals surface area (Å²) in [4.78, 5) is 0. The van der Waals surface area contributed by atoms with Crippen molar-refractivity contribution < 1.29 is 32.7 Å². The Morgan fingerprint density at radius 3 is 2.67 bits per heavy atom. The molecule has 1 heterocycles. The molecule has 1 nitrogen and oxygen atoms in total. The minimum absolute atomic E-state index is 0. The summed E-state index contributed by atoms with van der Waals surface area (Å²) in [6.07, 6.45) is 4.54. The molecule has 0 spiro atoms. The molecule has 0 N–H and O–H groups in total. The Morgan fingerprint density at radius 1 is 1.33 bits per heavy atom. The second-order valence-corrected chi connectivity index (χ2v) is 3.91. The van der Waals surface area contributed by atoms with E-state index in [0.29, 0.717) is 5.92 Å². The molecule has 2 aromatic rings. The number of rotatable bonds is 2. The van der Waals surface area contributed by atoms with Crippen molar-refractivity contribution in [2.45, 2.75) is 26.2 Å². The first-order valence-corrected chi connectivity index (χ1v) is 5.20. The van der Waals surface area contributed by atoms with Crippen molar-refractivity contribution in [1.82, 2.24) is 4.57 Å². The van der Waals surface area contributed by atoms with E-state index in [2.05, 4.69) is 55.9 Å². The van der Waals surface area contributed by atoms with Gasteiger partial charge in [0.15, 0.2) is 0 Å². The van der Waals surface area contributed by atoms with Gasteiger partial charge in [0, 0.05) is 32.7 Å². The molecular formula is C13H16NY-. The fourth-order valence-electron chi connectivity index (χ4n) is 2.01. The molecule has 77 valence electrons. The molecule has 0 aliphatic heterocycles. The summed E-state index contributed by atoms with van der Waals surface area (Å²) in [5.41, 5.74) is 1.41. The molecule has 1 aromatic carbocycles. The minimum Gasteiger partial charge on any atom is -0.439 e. The number of benzene rings is 1. The van der Waals surface area contributed by atoms with Crippen molar-refractivity contribution in [3.63, 3.8) is 0 Å². The molecule has 0 saturated heterocycles. The Labute approximate surface area is 117 Å². The first kappa shape index (κ1) is 12.9. The third-order valence-electron chi connectivity index (χ3n) is 2.93. The molecule has 1 unspecified atom stereocenters. The fraction of sp³-hybridized carbons (Fsp3) is 0.385. The number of nitrogens with zero attached hydrogens (tertiary/aromatic N) is 1.